The lowest BCUT2D eigenvalue weighted by Gasteiger charge is -2.38. The SMILES string of the molecule is COC(=O)C1(NC(=O)[C@H]2CCC(=O)N2)CCC(C)CC1. The molecule has 1 aliphatic carbocycles. The quantitative estimate of drug-likeness (QED) is 0.738. The molecule has 2 aliphatic rings. The van der Waals surface area contributed by atoms with Crippen molar-refractivity contribution in [3.05, 3.63) is 0 Å². The first-order valence-electron chi connectivity index (χ1n) is 7.16. The van der Waals surface area contributed by atoms with Gasteiger partial charge in [0.25, 0.3) is 0 Å². The van der Waals surface area contributed by atoms with E-state index in [-0.39, 0.29) is 17.8 Å². The maximum Gasteiger partial charge on any atom is 0.331 e. The summed E-state index contributed by atoms with van der Waals surface area (Å²) in [6.07, 6.45) is 3.79. The van der Waals surface area contributed by atoms with Crippen LogP contribution in [0.2, 0.25) is 0 Å². The summed E-state index contributed by atoms with van der Waals surface area (Å²) in [6.45, 7) is 2.14. The third kappa shape index (κ3) is 2.94. The van der Waals surface area contributed by atoms with E-state index in [1.54, 1.807) is 0 Å². The van der Waals surface area contributed by atoms with Crippen LogP contribution in [0.1, 0.15) is 45.4 Å². The van der Waals surface area contributed by atoms with Crippen molar-refractivity contribution in [2.24, 2.45) is 5.92 Å². The molecule has 0 radical (unpaired) electrons. The molecule has 2 fully saturated rings. The van der Waals surface area contributed by atoms with Gasteiger partial charge in [0.05, 0.1) is 7.11 Å². The third-order valence-electron chi connectivity index (χ3n) is 4.38. The summed E-state index contributed by atoms with van der Waals surface area (Å²) < 4.78 is 4.87. The Morgan fingerprint density at radius 1 is 1.30 bits per heavy atom. The van der Waals surface area contributed by atoms with E-state index < -0.39 is 11.6 Å². The van der Waals surface area contributed by atoms with Crippen molar-refractivity contribution < 1.29 is 19.1 Å². The molecule has 2 N–H and O–H groups in total. The predicted octanol–water partition coefficient (Wildman–Crippen LogP) is 0.503. The van der Waals surface area contributed by atoms with Gasteiger partial charge >= 0.3 is 5.97 Å². The number of ether oxygens (including phenoxy) is 1. The fourth-order valence-corrected chi connectivity index (χ4v) is 2.96. The number of carbonyl (C=O) groups excluding carboxylic acids is 3. The van der Waals surface area contributed by atoms with Gasteiger partial charge in [0.15, 0.2) is 0 Å². The zero-order valence-electron chi connectivity index (χ0n) is 12.0. The lowest BCUT2D eigenvalue weighted by atomic mass is 9.77. The lowest BCUT2D eigenvalue weighted by Crippen LogP contribution is -2.59. The van der Waals surface area contributed by atoms with Gasteiger partial charge < -0.3 is 15.4 Å². The van der Waals surface area contributed by atoms with E-state index in [4.69, 9.17) is 4.74 Å². The van der Waals surface area contributed by atoms with Gasteiger partial charge in [-0.15, -0.1) is 0 Å². The Morgan fingerprint density at radius 3 is 2.45 bits per heavy atom. The van der Waals surface area contributed by atoms with E-state index in [2.05, 4.69) is 17.6 Å². The molecule has 0 aromatic rings. The van der Waals surface area contributed by atoms with Gasteiger partial charge in [-0.1, -0.05) is 6.92 Å². The molecule has 2 rings (SSSR count). The zero-order valence-corrected chi connectivity index (χ0v) is 12.0. The first-order valence-corrected chi connectivity index (χ1v) is 7.16. The molecular formula is C14H22N2O4. The van der Waals surface area contributed by atoms with Gasteiger partial charge in [-0.05, 0) is 38.0 Å². The lowest BCUT2D eigenvalue weighted by molar-refractivity contribution is -0.153. The summed E-state index contributed by atoms with van der Waals surface area (Å²) in [5, 5.41) is 5.46. The largest absolute Gasteiger partial charge is 0.467 e. The van der Waals surface area contributed by atoms with Crippen molar-refractivity contribution in [1.82, 2.24) is 10.6 Å². The van der Waals surface area contributed by atoms with Crippen molar-refractivity contribution in [3.8, 4) is 0 Å². The van der Waals surface area contributed by atoms with Crippen LogP contribution in [-0.2, 0) is 19.1 Å². The Labute approximate surface area is 118 Å². The fourth-order valence-electron chi connectivity index (χ4n) is 2.96. The molecule has 2 amide bonds. The minimum atomic E-state index is -0.925. The number of hydrogen-bond donors (Lipinski definition) is 2. The van der Waals surface area contributed by atoms with Gasteiger partial charge in [-0.3, -0.25) is 9.59 Å². The van der Waals surface area contributed by atoms with Crippen LogP contribution in [0.15, 0.2) is 0 Å². The van der Waals surface area contributed by atoms with Crippen LogP contribution < -0.4 is 10.6 Å². The molecule has 0 unspecified atom stereocenters. The average molecular weight is 282 g/mol. The van der Waals surface area contributed by atoms with Crippen LogP contribution in [0, 0.1) is 5.92 Å². The highest BCUT2D eigenvalue weighted by molar-refractivity contribution is 5.94. The molecule has 0 aromatic heterocycles. The Bertz CT molecular complexity index is 413. The number of methoxy groups -OCH3 is 1. The summed E-state index contributed by atoms with van der Waals surface area (Å²) in [5.74, 6) is -0.233. The van der Waals surface area contributed by atoms with Gasteiger partial charge in [0.1, 0.15) is 11.6 Å². The summed E-state index contributed by atoms with van der Waals surface area (Å²) >= 11 is 0. The minimum Gasteiger partial charge on any atom is -0.467 e. The fraction of sp³-hybridized carbons (Fsp3) is 0.786. The van der Waals surface area contributed by atoms with Gasteiger partial charge in [-0.25, -0.2) is 4.79 Å². The smallest absolute Gasteiger partial charge is 0.331 e. The highest BCUT2D eigenvalue weighted by Crippen LogP contribution is 2.33. The number of nitrogens with one attached hydrogen (secondary N) is 2. The highest BCUT2D eigenvalue weighted by Gasteiger charge is 2.44. The molecule has 112 valence electrons. The first-order chi connectivity index (χ1) is 9.47. The summed E-state index contributed by atoms with van der Waals surface area (Å²) in [7, 11) is 1.34. The molecule has 1 aliphatic heterocycles. The monoisotopic (exact) mass is 282 g/mol. The van der Waals surface area contributed by atoms with Crippen molar-refractivity contribution in [2.45, 2.75) is 57.0 Å². The van der Waals surface area contributed by atoms with E-state index >= 15 is 0 Å². The van der Waals surface area contributed by atoms with Gasteiger partial charge in [-0.2, -0.15) is 0 Å². The van der Waals surface area contributed by atoms with E-state index in [9.17, 15) is 14.4 Å². The summed E-state index contributed by atoms with van der Waals surface area (Å²) in [6, 6.07) is -0.525. The molecule has 0 bridgehead atoms. The molecular weight excluding hydrogens is 260 g/mol. The van der Waals surface area contributed by atoms with Crippen LogP contribution in [0.5, 0.6) is 0 Å². The second-order valence-electron chi connectivity index (χ2n) is 5.90. The second-order valence-corrected chi connectivity index (χ2v) is 5.90. The molecule has 6 nitrogen and oxygen atoms in total. The maximum atomic E-state index is 12.2. The Kier molecular flexibility index (Phi) is 4.30. The molecule has 1 saturated heterocycles. The van der Waals surface area contributed by atoms with E-state index in [0.29, 0.717) is 31.6 Å². The molecule has 1 atom stereocenters. The van der Waals surface area contributed by atoms with Gasteiger partial charge in [0.2, 0.25) is 11.8 Å². The number of hydrogen-bond acceptors (Lipinski definition) is 4. The molecule has 1 heterocycles. The summed E-state index contributed by atoms with van der Waals surface area (Å²) in [4.78, 5) is 35.5. The summed E-state index contributed by atoms with van der Waals surface area (Å²) in [5.41, 5.74) is -0.925. The van der Waals surface area contributed by atoms with E-state index in [1.807, 2.05) is 0 Å². The Balaban J connectivity index is 2.06. The van der Waals surface area contributed by atoms with Crippen molar-refractivity contribution in [2.75, 3.05) is 7.11 Å². The van der Waals surface area contributed by atoms with Crippen molar-refractivity contribution >= 4 is 17.8 Å². The van der Waals surface area contributed by atoms with Crippen molar-refractivity contribution in [1.29, 1.82) is 0 Å². The number of esters is 1. The van der Waals surface area contributed by atoms with E-state index in [1.165, 1.54) is 7.11 Å². The van der Waals surface area contributed by atoms with Crippen LogP contribution in [0.3, 0.4) is 0 Å². The van der Waals surface area contributed by atoms with Crippen molar-refractivity contribution in [3.63, 3.8) is 0 Å². The van der Waals surface area contributed by atoms with Crippen LogP contribution >= 0.6 is 0 Å². The van der Waals surface area contributed by atoms with Gasteiger partial charge in [0, 0.05) is 6.42 Å². The Morgan fingerprint density at radius 2 is 1.95 bits per heavy atom. The van der Waals surface area contributed by atoms with E-state index in [0.717, 1.165) is 12.8 Å². The standard InChI is InChI=1S/C14H22N2O4/c1-9-5-7-14(8-6-9,13(19)20-2)16-12(18)10-3-4-11(17)15-10/h9-10H,3-8H2,1-2H3,(H,15,17)(H,16,18)/t9?,10-,14?/m1/s1. The average Bonchev–Trinajstić information content (AvgIpc) is 2.87. The number of carbonyl (C=O) groups is 3. The highest BCUT2D eigenvalue weighted by atomic mass is 16.5. The molecule has 20 heavy (non-hydrogen) atoms. The molecule has 1 saturated carbocycles. The number of amides is 2. The normalized spacial score (nSPS) is 33.4. The maximum absolute atomic E-state index is 12.2. The minimum absolute atomic E-state index is 0.116. The van der Waals surface area contributed by atoms with Crippen LogP contribution in [0.4, 0.5) is 0 Å². The topological polar surface area (TPSA) is 84.5 Å². The van der Waals surface area contributed by atoms with Crippen LogP contribution in [-0.4, -0.2) is 36.5 Å². The Hall–Kier alpha value is -1.59. The van der Waals surface area contributed by atoms with Crippen LogP contribution in [0.25, 0.3) is 0 Å². The zero-order chi connectivity index (χ0) is 14.8. The molecule has 0 spiro atoms. The third-order valence-corrected chi connectivity index (χ3v) is 4.38. The predicted molar refractivity (Wildman–Crippen MR) is 71.7 cm³/mol. The number of rotatable bonds is 3. The molecule has 6 heteroatoms. The molecule has 0 aromatic carbocycles. The second kappa shape index (κ2) is 5.81. The first kappa shape index (κ1) is 14.8.